The van der Waals surface area contributed by atoms with E-state index in [0.29, 0.717) is 32.1 Å². The Balaban J connectivity index is 1.77. The molecule has 7 nitrogen and oxygen atoms in total. The van der Waals surface area contributed by atoms with E-state index in [2.05, 4.69) is 15.9 Å². The van der Waals surface area contributed by atoms with Crippen molar-refractivity contribution in [3.63, 3.8) is 0 Å². The average molecular weight is 546 g/mol. The minimum absolute atomic E-state index is 0.0377. The van der Waals surface area contributed by atoms with E-state index in [4.69, 9.17) is 18.9 Å². The fourth-order valence-corrected chi connectivity index (χ4v) is 6.92. The second kappa shape index (κ2) is 10.7. The summed E-state index contributed by atoms with van der Waals surface area (Å²) in [7, 11) is -0.238. The lowest BCUT2D eigenvalue weighted by molar-refractivity contribution is -0.110. The molecule has 0 N–H and O–H groups in total. The van der Waals surface area contributed by atoms with Gasteiger partial charge in [-0.2, -0.15) is 0 Å². The number of ether oxygens (including phenoxy) is 4. The Kier molecular flexibility index (Phi) is 7.73. The summed E-state index contributed by atoms with van der Waals surface area (Å²) in [5, 5.41) is 1.32. The summed E-state index contributed by atoms with van der Waals surface area (Å²) in [5.41, 5.74) is 0.364. The molecule has 0 bridgehead atoms. The van der Waals surface area contributed by atoms with Crippen molar-refractivity contribution >= 4 is 39.6 Å². The minimum Gasteiger partial charge on any atom is -0.454 e. The zero-order valence-electron chi connectivity index (χ0n) is 18.8. The first-order chi connectivity index (χ1) is 16.5. The maximum Gasteiger partial charge on any atom is 0.255 e. The smallest absolute Gasteiger partial charge is 0.255 e. The lowest BCUT2D eigenvalue weighted by Gasteiger charge is -2.31. The molecular formula is C25H25BrNO6P. The van der Waals surface area contributed by atoms with Gasteiger partial charge in [0, 0.05) is 29.3 Å². The Morgan fingerprint density at radius 2 is 1.50 bits per heavy atom. The number of benzene rings is 3. The summed E-state index contributed by atoms with van der Waals surface area (Å²) < 4.78 is 36.9. The summed E-state index contributed by atoms with van der Waals surface area (Å²) in [4.78, 5) is 15.4. The number of carbonyl (C=O) groups excluding carboxylic acids is 1. The maximum atomic E-state index is 14.7. The van der Waals surface area contributed by atoms with Crippen LogP contribution in [0.5, 0.6) is 11.5 Å². The van der Waals surface area contributed by atoms with E-state index in [1.165, 1.54) is 19.1 Å². The van der Waals surface area contributed by atoms with Crippen LogP contribution in [0.2, 0.25) is 0 Å². The molecule has 0 spiro atoms. The summed E-state index contributed by atoms with van der Waals surface area (Å²) in [6, 6.07) is 21.8. The van der Waals surface area contributed by atoms with E-state index in [1.54, 1.807) is 12.1 Å². The standard InChI is InChI=1S/C25H25BrNO6P/c1-30-24(31-2)15-27(25(28)20-13-22-23(14-21(20)26)33-17-32-22)16-34(29,18-9-5-3-6-10-18)19-11-7-4-8-12-19/h3-14,24H,15-17H2,1-2H3. The van der Waals surface area contributed by atoms with Gasteiger partial charge in [-0.15, -0.1) is 0 Å². The highest BCUT2D eigenvalue weighted by atomic mass is 79.9. The molecule has 34 heavy (non-hydrogen) atoms. The van der Waals surface area contributed by atoms with Crippen molar-refractivity contribution in [3.05, 3.63) is 82.8 Å². The lowest BCUT2D eigenvalue weighted by Crippen LogP contribution is -2.41. The van der Waals surface area contributed by atoms with Crippen LogP contribution in [0.3, 0.4) is 0 Å². The molecule has 0 radical (unpaired) electrons. The predicted molar refractivity (Wildman–Crippen MR) is 134 cm³/mol. The number of nitrogens with zero attached hydrogens (tertiary/aromatic N) is 1. The molecule has 178 valence electrons. The highest BCUT2D eigenvalue weighted by Crippen LogP contribution is 2.45. The van der Waals surface area contributed by atoms with Gasteiger partial charge in [-0.1, -0.05) is 60.7 Å². The van der Waals surface area contributed by atoms with E-state index in [1.807, 2.05) is 60.7 Å². The number of hydrogen-bond donors (Lipinski definition) is 0. The SMILES string of the molecule is COC(CN(CP(=O)(c1ccccc1)c1ccccc1)C(=O)c1cc2c(cc1Br)OCO2)OC. The third-order valence-electron chi connectivity index (χ3n) is 5.59. The van der Waals surface area contributed by atoms with Crippen molar-refractivity contribution < 1.29 is 28.3 Å². The molecule has 1 aliphatic heterocycles. The molecule has 0 saturated heterocycles. The monoisotopic (exact) mass is 545 g/mol. The number of methoxy groups -OCH3 is 2. The van der Waals surface area contributed by atoms with Crippen molar-refractivity contribution in [1.82, 2.24) is 4.90 Å². The maximum absolute atomic E-state index is 14.7. The molecule has 0 unspecified atom stereocenters. The first-order valence-corrected chi connectivity index (χ1v) is 13.3. The summed E-state index contributed by atoms with van der Waals surface area (Å²) in [6.07, 6.45) is -0.735. The molecule has 3 aromatic carbocycles. The Bertz CT molecular complexity index is 1140. The molecule has 0 aliphatic carbocycles. The number of carbonyl (C=O) groups is 1. The Hall–Kier alpha value is -2.64. The van der Waals surface area contributed by atoms with Crippen LogP contribution in [0.1, 0.15) is 10.4 Å². The molecule has 0 aromatic heterocycles. The highest BCUT2D eigenvalue weighted by molar-refractivity contribution is 9.10. The largest absolute Gasteiger partial charge is 0.454 e. The van der Waals surface area contributed by atoms with E-state index in [-0.39, 0.29) is 25.5 Å². The number of halogens is 1. The third kappa shape index (κ3) is 5.05. The minimum atomic E-state index is -3.24. The number of fused-ring (bicyclic) bond motifs is 1. The van der Waals surface area contributed by atoms with Gasteiger partial charge >= 0.3 is 0 Å². The molecule has 9 heteroatoms. The molecule has 1 heterocycles. The predicted octanol–water partition coefficient (Wildman–Crippen LogP) is 4.21. The summed E-state index contributed by atoms with van der Waals surface area (Å²) in [6.45, 7) is 0.173. The van der Waals surface area contributed by atoms with Gasteiger partial charge in [0.1, 0.15) is 0 Å². The fourth-order valence-electron chi connectivity index (χ4n) is 3.77. The van der Waals surface area contributed by atoms with Crippen molar-refractivity contribution in [1.29, 1.82) is 0 Å². The third-order valence-corrected chi connectivity index (χ3v) is 9.25. The van der Waals surface area contributed by atoms with E-state index in [9.17, 15) is 9.36 Å². The summed E-state index contributed by atoms with van der Waals surface area (Å²) in [5.74, 6) is 0.702. The van der Waals surface area contributed by atoms with Crippen LogP contribution in [0, 0.1) is 0 Å². The Morgan fingerprint density at radius 1 is 0.971 bits per heavy atom. The molecule has 4 rings (SSSR count). The molecule has 1 amide bonds. The fraction of sp³-hybridized carbons (Fsp3) is 0.240. The van der Waals surface area contributed by atoms with Gasteiger partial charge in [0.15, 0.2) is 24.9 Å². The van der Waals surface area contributed by atoms with Crippen LogP contribution in [0.25, 0.3) is 0 Å². The number of hydrogen-bond acceptors (Lipinski definition) is 6. The van der Waals surface area contributed by atoms with Gasteiger partial charge in [0.2, 0.25) is 6.79 Å². The van der Waals surface area contributed by atoms with Crippen molar-refractivity contribution in [2.24, 2.45) is 0 Å². The van der Waals surface area contributed by atoms with Gasteiger partial charge in [-0.25, -0.2) is 0 Å². The highest BCUT2D eigenvalue weighted by Gasteiger charge is 2.34. The topological polar surface area (TPSA) is 74.3 Å². The van der Waals surface area contributed by atoms with E-state index >= 15 is 0 Å². The molecule has 3 aromatic rings. The molecule has 0 saturated carbocycles. The summed E-state index contributed by atoms with van der Waals surface area (Å²) >= 11 is 3.47. The van der Waals surface area contributed by atoms with Crippen LogP contribution in [0.15, 0.2) is 77.3 Å². The number of amides is 1. The Morgan fingerprint density at radius 3 is 2.03 bits per heavy atom. The zero-order chi connectivity index (χ0) is 24.1. The van der Waals surface area contributed by atoms with Gasteiger partial charge in [-0.05, 0) is 28.1 Å². The van der Waals surface area contributed by atoms with Crippen molar-refractivity contribution in [2.45, 2.75) is 6.29 Å². The van der Waals surface area contributed by atoms with Crippen molar-refractivity contribution in [2.75, 3.05) is 33.8 Å². The quantitative estimate of drug-likeness (QED) is 0.296. The van der Waals surface area contributed by atoms with Crippen LogP contribution >= 0.6 is 23.1 Å². The molecule has 0 fully saturated rings. The number of rotatable bonds is 9. The second-order valence-electron chi connectivity index (χ2n) is 7.67. The first-order valence-electron chi connectivity index (χ1n) is 10.6. The Labute approximate surface area is 207 Å². The van der Waals surface area contributed by atoms with Crippen LogP contribution in [-0.4, -0.2) is 50.9 Å². The molecule has 0 atom stereocenters. The van der Waals surface area contributed by atoms with Gasteiger partial charge < -0.3 is 28.4 Å². The first kappa shape index (κ1) is 24.5. The van der Waals surface area contributed by atoms with Gasteiger partial charge in [0.05, 0.1) is 18.4 Å². The molecular weight excluding hydrogens is 521 g/mol. The van der Waals surface area contributed by atoms with E-state index in [0.717, 1.165) is 0 Å². The normalized spacial score (nSPS) is 12.7. The van der Waals surface area contributed by atoms with E-state index < -0.39 is 13.4 Å². The zero-order valence-corrected chi connectivity index (χ0v) is 21.3. The van der Waals surface area contributed by atoms with Gasteiger partial charge in [0.25, 0.3) is 5.91 Å². The van der Waals surface area contributed by atoms with Crippen LogP contribution in [0.4, 0.5) is 0 Å². The molecule has 1 aliphatic rings. The van der Waals surface area contributed by atoms with Crippen molar-refractivity contribution in [3.8, 4) is 11.5 Å². The van der Waals surface area contributed by atoms with Crippen LogP contribution in [-0.2, 0) is 14.0 Å². The van der Waals surface area contributed by atoms with Crippen LogP contribution < -0.4 is 20.1 Å². The van der Waals surface area contributed by atoms with Gasteiger partial charge in [-0.3, -0.25) is 4.79 Å². The average Bonchev–Trinajstić information content (AvgIpc) is 3.33. The lowest BCUT2D eigenvalue weighted by atomic mass is 10.2. The second-order valence-corrected chi connectivity index (χ2v) is 11.3.